The normalized spacial score (nSPS) is 24.5. The highest BCUT2D eigenvalue weighted by Crippen LogP contribution is 2.24. The molecule has 1 atom stereocenters. The molecule has 1 aromatic heterocycles. The summed E-state index contributed by atoms with van der Waals surface area (Å²) in [6.07, 6.45) is 1.21. The van der Waals surface area contributed by atoms with Gasteiger partial charge in [0.25, 0.3) is 0 Å². The number of rotatable bonds is 2. The Balaban J connectivity index is 1.63. The van der Waals surface area contributed by atoms with Gasteiger partial charge in [-0.2, -0.15) is 5.10 Å². The Bertz CT molecular complexity index is 462. The Kier molecular flexibility index (Phi) is 4.13. The lowest BCUT2D eigenvalue weighted by Gasteiger charge is -2.32. The van der Waals surface area contributed by atoms with Crippen molar-refractivity contribution in [3.8, 4) is 0 Å². The van der Waals surface area contributed by atoms with Crippen LogP contribution in [0.15, 0.2) is 12.1 Å². The highest BCUT2D eigenvalue weighted by atomic mass is 16.5. The molecule has 116 valence electrons. The second kappa shape index (κ2) is 5.89. The van der Waals surface area contributed by atoms with Gasteiger partial charge in [-0.1, -0.05) is 20.8 Å². The number of hydrogen-bond donors (Lipinski definition) is 0. The molecule has 5 heteroatoms. The summed E-state index contributed by atoms with van der Waals surface area (Å²) in [4.78, 5) is 4.92. The molecule has 0 aliphatic carbocycles. The molecule has 0 bridgehead atoms. The van der Waals surface area contributed by atoms with Gasteiger partial charge in [0, 0.05) is 37.6 Å². The lowest BCUT2D eigenvalue weighted by Crippen LogP contribution is -2.44. The van der Waals surface area contributed by atoms with Crippen LogP contribution in [0.1, 0.15) is 32.9 Å². The molecule has 0 N–H and O–H groups in total. The lowest BCUT2D eigenvalue weighted by molar-refractivity contribution is 0.0209. The van der Waals surface area contributed by atoms with Gasteiger partial charge in [0.15, 0.2) is 5.82 Å². The van der Waals surface area contributed by atoms with Crippen LogP contribution in [0.5, 0.6) is 0 Å². The summed E-state index contributed by atoms with van der Waals surface area (Å²) in [5.41, 5.74) is 1.11. The van der Waals surface area contributed by atoms with Crippen LogP contribution < -0.4 is 4.90 Å². The minimum absolute atomic E-state index is 0.0624. The van der Waals surface area contributed by atoms with Crippen molar-refractivity contribution in [3.63, 3.8) is 0 Å². The topological polar surface area (TPSA) is 41.5 Å². The van der Waals surface area contributed by atoms with Crippen LogP contribution in [0.2, 0.25) is 0 Å². The molecule has 0 radical (unpaired) electrons. The Morgan fingerprint density at radius 3 is 2.48 bits per heavy atom. The molecule has 3 rings (SSSR count). The van der Waals surface area contributed by atoms with Gasteiger partial charge in [-0.3, -0.25) is 4.90 Å². The quantitative estimate of drug-likeness (QED) is 0.829. The van der Waals surface area contributed by atoms with Crippen molar-refractivity contribution >= 4 is 5.82 Å². The van der Waals surface area contributed by atoms with Crippen LogP contribution in [0, 0.1) is 0 Å². The van der Waals surface area contributed by atoms with Crippen molar-refractivity contribution in [3.05, 3.63) is 17.8 Å². The lowest BCUT2D eigenvalue weighted by atomic mass is 9.92. The second-order valence-electron chi connectivity index (χ2n) is 7.06. The van der Waals surface area contributed by atoms with Crippen LogP contribution in [0.3, 0.4) is 0 Å². The Morgan fingerprint density at radius 1 is 1.10 bits per heavy atom. The summed E-state index contributed by atoms with van der Waals surface area (Å²) in [5, 5.41) is 8.85. The zero-order valence-electron chi connectivity index (χ0n) is 13.4. The van der Waals surface area contributed by atoms with E-state index < -0.39 is 0 Å². The van der Waals surface area contributed by atoms with Crippen LogP contribution in [0.4, 0.5) is 5.82 Å². The van der Waals surface area contributed by atoms with Crippen LogP contribution in [0.25, 0.3) is 0 Å². The molecule has 0 amide bonds. The van der Waals surface area contributed by atoms with Gasteiger partial charge in [0.2, 0.25) is 0 Å². The van der Waals surface area contributed by atoms with Gasteiger partial charge in [0.05, 0.1) is 18.9 Å². The van der Waals surface area contributed by atoms with Crippen molar-refractivity contribution in [2.24, 2.45) is 0 Å². The van der Waals surface area contributed by atoms with Crippen molar-refractivity contribution in [1.29, 1.82) is 0 Å². The molecule has 2 aliphatic heterocycles. The molecular weight excluding hydrogens is 264 g/mol. The average molecular weight is 290 g/mol. The van der Waals surface area contributed by atoms with Gasteiger partial charge in [-0.15, -0.1) is 5.10 Å². The van der Waals surface area contributed by atoms with Crippen LogP contribution in [-0.4, -0.2) is 60.5 Å². The molecule has 3 heterocycles. The maximum absolute atomic E-state index is 5.44. The van der Waals surface area contributed by atoms with Crippen molar-refractivity contribution in [2.45, 2.75) is 38.6 Å². The van der Waals surface area contributed by atoms with E-state index in [2.05, 4.69) is 52.9 Å². The highest BCUT2D eigenvalue weighted by Gasteiger charge is 2.29. The fourth-order valence-electron chi connectivity index (χ4n) is 3.08. The minimum Gasteiger partial charge on any atom is -0.379 e. The van der Waals surface area contributed by atoms with Crippen LogP contribution in [-0.2, 0) is 10.2 Å². The number of ether oxygens (including phenoxy) is 1. The summed E-state index contributed by atoms with van der Waals surface area (Å²) in [5.74, 6) is 1.01. The first-order valence-corrected chi connectivity index (χ1v) is 7.95. The smallest absolute Gasteiger partial charge is 0.151 e. The predicted octanol–water partition coefficient (Wildman–Crippen LogP) is 1.69. The molecule has 1 unspecified atom stereocenters. The maximum Gasteiger partial charge on any atom is 0.151 e. The van der Waals surface area contributed by atoms with E-state index in [1.54, 1.807) is 0 Å². The summed E-state index contributed by atoms with van der Waals surface area (Å²) in [6, 6.07) is 4.87. The monoisotopic (exact) mass is 290 g/mol. The molecule has 21 heavy (non-hydrogen) atoms. The SMILES string of the molecule is CC(C)(C)c1ccc(N2CCC(N3CCOCC3)C2)nn1. The summed E-state index contributed by atoms with van der Waals surface area (Å²) in [7, 11) is 0. The third-order valence-corrected chi connectivity index (χ3v) is 4.47. The first-order valence-electron chi connectivity index (χ1n) is 7.95. The highest BCUT2D eigenvalue weighted by molar-refractivity contribution is 5.39. The maximum atomic E-state index is 5.44. The zero-order valence-corrected chi connectivity index (χ0v) is 13.4. The van der Waals surface area contributed by atoms with Gasteiger partial charge in [0.1, 0.15) is 0 Å². The van der Waals surface area contributed by atoms with E-state index >= 15 is 0 Å². The van der Waals surface area contributed by atoms with Crippen molar-refractivity contribution in [1.82, 2.24) is 15.1 Å². The molecule has 0 aromatic carbocycles. The fourth-order valence-corrected chi connectivity index (χ4v) is 3.08. The number of nitrogens with zero attached hydrogens (tertiary/aromatic N) is 4. The molecule has 2 fully saturated rings. The molecule has 1 aromatic rings. The number of aromatic nitrogens is 2. The van der Waals surface area contributed by atoms with Gasteiger partial charge >= 0.3 is 0 Å². The number of morpholine rings is 1. The first kappa shape index (κ1) is 14.7. The van der Waals surface area contributed by atoms with E-state index in [0.717, 1.165) is 50.9 Å². The molecule has 0 saturated carbocycles. The molecular formula is C16H26N4O. The van der Waals surface area contributed by atoms with Gasteiger partial charge in [-0.25, -0.2) is 0 Å². The Morgan fingerprint density at radius 2 is 1.86 bits per heavy atom. The van der Waals surface area contributed by atoms with Gasteiger partial charge in [-0.05, 0) is 18.6 Å². The molecule has 2 saturated heterocycles. The Labute approximate surface area is 127 Å². The standard InChI is InChI=1S/C16H26N4O/c1-16(2,3)14-4-5-15(18-17-14)20-7-6-13(12-20)19-8-10-21-11-9-19/h4-5,13H,6-12H2,1-3H3. The fraction of sp³-hybridized carbons (Fsp3) is 0.750. The van der Waals surface area contributed by atoms with E-state index in [1.165, 1.54) is 6.42 Å². The number of anilines is 1. The predicted molar refractivity (Wildman–Crippen MR) is 83.7 cm³/mol. The van der Waals surface area contributed by atoms with E-state index in [9.17, 15) is 0 Å². The summed E-state index contributed by atoms with van der Waals surface area (Å²) < 4.78 is 5.44. The number of hydrogen-bond acceptors (Lipinski definition) is 5. The zero-order chi connectivity index (χ0) is 14.9. The van der Waals surface area contributed by atoms with E-state index in [-0.39, 0.29) is 5.41 Å². The average Bonchev–Trinajstić information content (AvgIpc) is 2.97. The largest absolute Gasteiger partial charge is 0.379 e. The van der Waals surface area contributed by atoms with Crippen LogP contribution >= 0.6 is 0 Å². The summed E-state index contributed by atoms with van der Waals surface area (Å²) in [6.45, 7) is 12.5. The van der Waals surface area contributed by atoms with Crippen molar-refractivity contribution in [2.75, 3.05) is 44.3 Å². The van der Waals surface area contributed by atoms with E-state index in [4.69, 9.17) is 4.74 Å². The molecule has 5 nitrogen and oxygen atoms in total. The van der Waals surface area contributed by atoms with E-state index in [0.29, 0.717) is 6.04 Å². The Hall–Kier alpha value is -1.20. The summed E-state index contributed by atoms with van der Waals surface area (Å²) >= 11 is 0. The second-order valence-corrected chi connectivity index (χ2v) is 7.06. The van der Waals surface area contributed by atoms with E-state index in [1.807, 2.05) is 0 Å². The molecule has 0 spiro atoms. The first-order chi connectivity index (χ1) is 10.0. The minimum atomic E-state index is 0.0624. The third kappa shape index (κ3) is 3.35. The van der Waals surface area contributed by atoms with Crippen molar-refractivity contribution < 1.29 is 4.74 Å². The van der Waals surface area contributed by atoms with Gasteiger partial charge < -0.3 is 9.64 Å². The third-order valence-electron chi connectivity index (χ3n) is 4.47. The molecule has 2 aliphatic rings.